The van der Waals surface area contributed by atoms with Gasteiger partial charge in [0.15, 0.2) is 0 Å². The van der Waals surface area contributed by atoms with E-state index in [2.05, 4.69) is 46.0 Å². The minimum absolute atomic E-state index is 0.785. The number of hydrogen-bond donors (Lipinski definition) is 0. The SMILES string of the molecule is Clc1cccc(-c2cccc3c2ccn3CCN2CCCC2)c1. The van der Waals surface area contributed by atoms with Gasteiger partial charge in [0.2, 0.25) is 0 Å². The molecule has 0 bridgehead atoms. The Balaban J connectivity index is 1.66. The first-order chi connectivity index (χ1) is 11.3. The van der Waals surface area contributed by atoms with Crippen molar-refractivity contribution < 1.29 is 0 Å². The van der Waals surface area contributed by atoms with Crippen LogP contribution < -0.4 is 0 Å². The summed E-state index contributed by atoms with van der Waals surface area (Å²) >= 11 is 6.16. The quantitative estimate of drug-likeness (QED) is 0.651. The number of nitrogens with zero attached hydrogens (tertiary/aromatic N) is 2. The minimum atomic E-state index is 0.785. The fourth-order valence-electron chi connectivity index (χ4n) is 3.58. The van der Waals surface area contributed by atoms with Crippen molar-refractivity contribution in [2.75, 3.05) is 19.6 Å². The number of halogens is 1. The minimum Gasteiger partial charge on any atom is -0.346 e. The lowest BCUT2D eigenvalue weighted by Gasteiger charge is -2.15. The van der Waals surface area contributed by atoms with Crippen LogP contribution in [0.5, 0.6) is 0 Å². The molecule has 0 N–H and O–H groups in total. The summed E-state index contributed by atoms with van der Waals surface area (Å²) in [5, 5.41) is 2.09. The molecule has 1 aromatic heterocycles. The maximum atomic E-state index is 6.16. The second-order valence-corrected chi connectivity index (χ2v) is 6.74. The highest BCUT2D eigenvalue weighted by atomic mass is 35.5. The Morgan fingerprint density at radius 2 is 1.74 bits per heavy atom. The third-order valence-corrected chi connectivity index (χ3v) is 5.04. The maximum Gasteiger partial charge on any atom is 0.0486 e. The molecule has 0 radical (unpaired) electrons. The van der Waals surface area contributed by atoms with Crippen LogP contribution in [0.4, 0.5) is 0 Å². The lowest BCUT2D eigenvalue weighted by atomic mass is 10.0. The van der Waals surface area contributed by atoms with Crippen molar-refractivity contribution in [3.63, 3.8) is 0 Å². The summed E-state index contributed by atoms with van der Waals surface area (Å²) < 4.78 is 2.38. The van der Waals surface area contributed by atoms with E-state index in [4.69, 9.17) is 11.6 Å². The zero-order valence-electron chi connectivity index (χ0n) is 13.2. The summed E-state index contributed by atoms with van der Waals surface area (Å²) in [4.78, 5) is 2.56. The van der Waals surface area contributed by atoms with Crippen molar-refractivity contribution >= 4 is 22.5 Å². The average Bonchev–Trinajstić information content (AvgIpc) is 3.22. The van der Waals surface area contributed by atoms with Crippen LogP contribution in [0.2, 0.25) is 5.02 Å². The van der Waals surface area contributed by atoms with Gasteiger partial charge in [-0.15, -0.1) is 0 Å². The lowest BCUT2D eigenvalue weighted by molar-refractivity contribution is 0.324. The molecule has 0 spiro atoms. The summed E-state index contributed by atoms with van der Waals surface area (Å²) in [6.45, 7) is 4.72. The second-order valence-electron chi connectivity index (χ2n) is 6.31. The van der Waals surface area contributed by atoms with Gasteiger partial charge in [0.1, 0.15) is 0 Å². The van der Waals surface area contributed by atoms with E-state index in [0.29, 0.717) is 0 Å². The third-order valence-electron chi connectivity index (χ3n) is 4.81. The van der Waals surface area contributed by atoms with E-state index in [1.54, 1.807) is 0 Å². The fourth-order valence-corrected chi connectivity index (χ4v) is 3.77. The summed E-state index contributed by atoms with van der Waals surface area (Å²) in [7, 11) is 0. The van der Waals surface area contributed by atoms with Crippen molar-refractivity contribution in [2.24, 2.45) is 0 Å². The average molecular weight is 325 g/mol. The van der Waals surface area contributed by atoms with Gasteiger partial charge in [0.25, 0.3) is 0 Å². The smallest absolute Gasteiger partial charge is 0.0486 e. The Kier molecular flexibility index (Phi) is 4.11. The number of benzene rings is 2. The van der Waals surface area contributed by atoms with Crippen LogP contribution in [0.3, 0.4) is 0 Å². The monoisotopic (exact) mass is 324 g/mol. The van der Waals surface area contributed by atoms with Crippen molar-refractivity contribution in [3.8, 4) is 11.1 Å². The van der Waals surface area contributed by atoms with Crippen LogP contribution in [-0.2, 0) is 6.54 Å². The van der Waals surface area contributed by atoms with Crippen molar-refractivity contribution in [2.45, 2.75) is 19.4 Å². The molecule has 118 valence electrons. The first kappa shape index (κ1) is 14.8. The molecule has 1 fully saturated rings. The van der Waals surface area contributed by atoms with Gasteiger partial charge in [-0.25, -0.2) is 0 Å². The molecule has 0 atom stereocenters. The molecule has 4 rings (SSSR count). The number of fused-ring (bicyclic) bond motifs is 1. The lowest BCUT2D eigenvalue weighted by Crippen LogP contribution is -2.23. The molecule has 2 nitrogen and oxygen atoms in total. The predicted octanol–water partition coefficient (Wildman–Crippen LogP) is 5.06. The van der Waals surface area contributed by atoms with Gasteiger partial charge in [0.05, 0.1) is 0 Å². The summed E-state index contributed by atoms with van der Waals surface area (Å²) in [5.74, 6) is 0. The first-order valence-corrected chi connectivity index (χ1v) is 8.75. The highest BCUT2D eigenvalue weighted by Crippen LogP contribution is 2.30. The molecule has 1 saturated heterocycles. The predicted molar refractivity (Wildman–Crippen MR) is 98.1 cm³/mol. The van der Waals surface area contributed by atoms with E-state index in [0.717, 1.165) is 18.1 Å². The molecule has 2 aromatic carbocycles. The fraction of sp³-hybridized carbons (Fsp3) is 0.300. The van der Waals surface area contributed by atoms with Crippen LogP contribution in [0.15, 0.2) is 54.7 Å². The second kappa shape index (κ2) is 6.38. The Hall–Kier alpha value is -1.77. The number of hydrogen-bond acceptors (Lipinski definition) is 1. The van der Waals surface area contributed by atoms with Crippen LogP contribution in [0.1, 0.15) is 12.8 Å². The number of aromatic nitrogens is 1. The maximum absolute atomic E-state index is 6.16. The molecule has 1 aliphatic rings. The molecular formula is C20H21ClN2. The van der Waals surface area contributed by atoms with Crippen LogP contribution in [0.25, 0.3) is 22.0 Å². The van der Waals surface area contributed by atoms with Gasteiger partial charge in [-0.1, -0.05) is 35.9 Å². The van der Waals surface area contributed by atoms with Gasteiger partial charge in [0, 0.05) is 35.2 Å². The first-order valence-electron chi connectivity index (χ1n) is 8.37. The molecule has 0 amide bonds. The molecule has 3 heteroatoms. The van der Waals surface area contributed by atoms with Gasteiger partial charge in [-0.3, -0.25) is 0 Å². The van der Waals surface area contributed by atoms with Gasteiger partial charge < -0.3 is 9.47 Å². The Morgan fingerprint density at radius 3 is 2.57 bits per heavy atom. The van der Waals surface area contributed by atoms with Crippen molar-refractivity contribution in [3.05, 3.63) is 59.8 Å². The molecule has 23 heavy (non-hydrogen) atoms. The number of rotatable bonds is 4. The van der Waals surface area contributed by atoms with Crippen LogP contribution >= 0.6 is 11.6 Å². The van der Waals surface area contributed by atoms with E-state index in [-0.39, 0.29) is 0 Å². The van der Waals surface area contributed by atoms with E-state index in [9.17, 15) is 0 Å². The number of likely N-dealkylation sites (tertiary alicyclic amines) is 1. The summed E-state index contributed by atoms with van der Waals surface area (Å²) in [6, 6.07) is 16.9. The molecule has 1 aliphatic heterocycles. The normalized spacial score (nSPS) is 15.5. The Labute approximate surface area is 142 Å². The zero-order valence-corrected chi connectivity index (χ0v) is 14.0. The third kappa shape index (κ3) is 3.01. The van der Waals surface area contributed by atoms with E-state index in [1.807, 2.05) is 18.2 Å². The molecule has 0 aliphatic carbocycles. The van der Waals surface area contributed by atoms with Crippen LogP contribution in [0, 0.1) is 0 Å². The van der Waals surface area contributed by atoms with Gasteiger partial charge in [-0.2, -0.15) is 0 Å². The highest BCUT2D eigenvalue weighted by Gasteiger charge is 2.12. The summed E-state index contributed by atoms with van der Waals surface area (Å²) in [5.41, 5.74) is 3.74. The van der Waals surface area contributed by atoms with Crippen molar-refractivity contribution in [1.29, 1.82) is 0 Å². The largest absolute Gasteiger partial charge is 0.346 e. The molecule has 2 heterocycles. The van der Waals surface area contributed by atoms with E-state index >= 15 is 0 Å². The zero-order chi connectivity index (χ0) is 15.6. The molecule has 0 saturated carbocycles. The van der Waals surface area contributed by atoms with Crippen LogP contribution in [-0.4, -0.2) is 29.1 Å². The Morgan fingerprint density at radius 1 is 0.913 bits per heavy atom. The van der Waals surface area contributed by atoms with E-state index < -0.39 is 0 Å². The summed E-state index contributed by atoms with van der Waals surface area (Å²) in [6.07, 6.45) is 4.92. The molecule has 0 unspecified atom stereocenters. The molecular weight excluding hydrogens is 304 g/mol. The highest BCUT2D eigenvalue weighted by molar-refractivity contribution is 6.30. The Bertz CT molecular complexity index is 815. The molecule has 3 aromatic rings. The van der Waals surface area contributed by atoms with Gasteiger partial charge in [-0.05, 0) is 61.3 Å². The standard InChI is InChI=1S/C20H21ClN2/c21-17-6-3-5-16(15-17)18-7-4-8-20-19(18)9-12-23(20)14-13-22-10-1-2-11-22/h3-9,12,15H,1-2,10-11,13-14H2. The van der Waals surface area contributed by atoms with Crippen molar-refractivity contribution in [1.82, 2.24) is 9.47 Å². The van der Waals surface area contributed by atoms with Gasteiger partial charge >= 0.3 is 0 Å². The van der Waals surface area contributed by atoms with E-state index in [1.165, 1.54) is 48.0 Å². The topological polar surface area (TPSA) is 8.17 Å².